The fourth-order valence-corrected chi connectivity index (χ4v) is 4.27. The van der Waals surface area contributed by atoms with Crippen LogP contribution in [0.3, 0.4) is 0 Å². The first-order valence-electron chi connectivity index (χ1n) is 11.2. The van der Waals surface area contributed by atoms with E-state index in [1.807, 2.05) is 18.2 Å². The maximum absolute atomic E-state index is 13.0. The van der Waals surface area contributed by atoms with E-state index in [0.29, 0.717) is 17.9 Å². The van der Waals surface area contributed by atoms with E-state index in [9.17, 15) is 18.4 Å². The minimum Gasteiger partial charge on any atom is -0.497 e. The molecule has 0 unspecified atom stereocenters. The number of nitrogens with zero attached hydrogens (tertiary/aromatic N) is 2. The van der Waals surface area contributed by atoms with Crippen LogP contribution >= 0.6 is 0 Å². The Kier molecular flexibility index (Phi) is 6.02. The maximum atomic E-state index is 13.0. The molecule has 5 rings (SSSR count). The SMILES string of the molecule is COc1ccc2c(c1)CN(Cc1cc(=O)c(OCc3ccc(C(=O)N4CC(F)(F)C4)cc3)co1)C2. The summed E-state index contributed by atoms with van der Waals surface area (Å²) >= 11 is 0. The van der Waals surface area contributed by atoms with E-state index in [0.717, 1.165) is 29.3 Å². The summed E-state index contributed by atoms with van der Waals surface area (Å²) in [5.41, 5.74) is 3.20. The Morgan fingerprint density at radius 1 is 1.06 bits per heavy atom. The van der Waals surface area contributed by atoms with Crippen LogP contribution in [0.25, 0.3) is 0 Å². The molecule has 2 aliphatic rings. The molecule has 9 heteroatoms. The molecule has 1 amide bonds. The molecule has 0 spiro atoms. The predicted molar refractivity (Wildman–Crippen MR) is 123 cm³/mol. The summed E-state index contributed by atoms with van der Waals surface area (Å²) in [6.07, 6.45) is 1.31. The lowest BCUT2D eigenvalue weighted by Gasteiger charge is -2.38. The van der Waals surface area contributed by atoms with Gasteiger partial charge in [0.25, 0.3) is 11.8 Å². The Bertz CT molecular complexity index is 1300. The summed E-state index contributed by atoms with van der Waals surface area (Å²) in [6.45, 7) is 0.992. The van der Waals surface area contributed by atoms with E-state index in [1.165, 1.54) is 23.5 Å². The second kappa shape index (κ2) is 9.14. The van der Waals surface area contributed by atoms with Crippen LogP contribution in [-0.2, 0) is 26.2 Å². The van der Waals surface area contributed by atoms with Gasteiger partial charge < -0.3 is 18.8 Å². The number of fused-ring (bicyclic) bond motifs is 1. The number of alkyl halides is 2. The van der Waals surface area contributed by atoms with Crippen molar-refractivity contribution < 1.29 is 27.5 Å². The quantitative estimate of drug-likeness (QED) is 0.510. The van der Waals surface area contributed by atoms with Crippen molar-refractivity contribution in [1.82, 2.24) is 9.80 Å². The monoisotopic (exact) mass is 482 g/mol. The Balaban J connectivity index is 1.15. The zero-order valence-electron chi connectivity index (χ0n) is 19.1. The highest BCUT2D eigenvalue weighted by Crippen LogP contribution is 2.29. The maximum Gasteiger partial charge on any atom is 0.282 e. The van der Waals surface area contributed by atoms with Gasteiger partial charge in [0.2, 0.25) is 11.2 Å². The van der Waals surface area contributed by atoms with Gasteiger partial charge in [-0.1, -0.05) is 18.2 Å². The second-order valence-corrected chi connectivity index (χ2v) is 8.86. The molecule has 1 saturated heterocycles. The van der Waals surface area contributed by atoms with Gasteiger partial charge >= 0.3 is 0 Å². The third kappa shape index (κ3) is 5.05. The van der Waals surface area contributed by atoms with Crippen LogP contribution in [0.4, 0.5) is 8.78 Å². The van der Waals surface area contributed by atoms with E-state index in [1.54, 1.807) is 31.4 Å². The summed E-state index contributed by atoms with van der Waals surface area (Å²) in [6, 6.07) is 13.9. The predicted octanol–water partition coefficient (Wildman–Crippen LogP) is 3.83. The van der Waals surface area contributed by atoms with Crippen LogP contribution in [0.15, 0.2) is 64.0 Å². The molecule has 3 aromatic rings. The van der Waals surface area contributed by atoms with Gasteiger partial charge in [-0.05, 0) is 41.0 Å². The first kappa shape index (κ1) is 23.0. The van der Waals surface area contributed by atoms with E-state index in [4.69, 9.17) is 13.9 Å². The molecule has 0 radical (unpaired) electrons. The average Bonchev–Trinajstić information content (AvgIpc) is 3.23. The zero-order chi connectivity index (χ0) is 24.6. The number of likely N-dealkylation sites (tertiary alicyclic amines) is 1. The van der Waals surface area contributed by atoms with Crippen LogP contribution < -0.4 is 14.9 Å². The third-order valence-electron chi connectivity index (χ3n) is 6.16. The van der Waals surface area contributed by atoms with Crippen molar-refractivity contribution >= 4 is 5.91 Å². The normalized spacial score (nSPS) is 16.5. The summed E-state index contributed by atoms with van der Waals surface area (Å²) < 4.78 is 42.5. The molecule has 1 aromatic heterocycles. The lowest BCUT2D eigenvalue weighted by molar-refractivity contribution is -0.113. The molecular formula is C26H24F2N2O5. The summed E-state index contributed by atoms with van der Waals surface area (Å²) in [5, 5.41) is 0. The molecule has 3 heterocycles. The van der Waals surface area contributed by atoms with E-state index >= 15 is 0 Å². The summed E-state index contributed by atoms with van der Waals surface area (Å²) in [5.74, 6) is -1.78. The number of amides is 1. The number of hydrogen-bond donors (Lipinski definition) is 0. The minimum absolute atomic E-state index is 0.0890. The van der Waals surface area contributed by atoms with Crippen molar-refractivity contribution in [2.24, 2.45) is 0 Å². The molecule has 2 aliphatic heterocycles. The number of methoxy groups -OCH3 is 1. The highest BCUT2D eigenvalue weighted by atomic mass is 19.3. The smallest absolute Gasteiger partial charge is 0.282 e. The Morgan fingerprint density at radius 2 is 1.80 bits per heavy atom. The molecular weight excluding hydrogens is 458 g/mol. The number of halogens is 2. The average molecular weight is 482 g/mol. The molecule has 0 bridgehead atoms. The fourth-order valence-electron chi connectivity index (χ4n) is 4.27. The topological polar surface area (TPSA) is 72.2 Å². The van der Waals surface area contributed by atoms with Crippen LogP contribution in [0.1, 0.15) is 32.8 Å². The molecule has 182 valence electrons. The number of ether oxygens (including phenoxy) is 2. The van der Waals surface area contributed by atoms with Crippen molar-refractivity contribution in [3.05, 3.63) is 93.0 Å². The van der Waals surface area contributed by atoms with Crippen molar-refractivity contribution in [3.8, 4) is 11.5 Å². The summed E-state index contributed by atoms with van der Waals surface area (Å²) in [7, 11) is 1.64. The minimum atomic E-state index is -2.80. The Labute approximate surface area is 200 Å². The first-order valence-corrected chi connectivity index (χ1v) is 11.2. The molecule has 0 aliphatic carbocycles. The van der Waals surface area contributed by atoms with Gasteiger partial charge in [0.1, 0.15) is 24.4 Å². The first-order chi connectivity index (χ1) is 16.8. The number of hydrogen-bond acceptors (Lipinski definition) is 6. The van der Waals surface area contributed by atoms with Crippen molar-refractivity contribution in [3.63, 3.8) is 0 Å². The number of carbonyl (C=O) groups excluding carboxylic acids is 1. The lowest BCUT2D eigenvalue weighted by Crippen LogP contribution is -2.58. The third-order valence-corrected chi connectivity index (χ3v) is 6.16. The standard InChI is InChI=1S/C26H24F2N2O5/c1-33-21-7-6-19-10-29(11-20(19)8-21)12-22-9-23(31)24(14-34-22)35-13-17-2-4-18(5-3-17)25(32)30-15-26(27,28)16-30/h2-9,14H,10-13,15-16H2,1H3. The molecule has 0 saturated carbocycles. The van der Waals surface area contributed by atoms with Gasteiger partial charge in [0, 0.05) is 24.7 Å². The Hall–Kier alpha value is -3.72. The number of rotatable bonds is 7. The Morgan fingerprint density at radius 3 is 2.49 bits per heavy atom. The number of benzene rings is 2. The fraction of sp³-hybridized carbons (Fsp3) is 0.308. The van der Waals surface area contributed by atoms with Crippen molar-refractivity contribution in [1.29, 1.82) is 0 Å². The largest absolute Gasteiger partial charge is 0.497 e. The van der Waals surface area contributed by atoms with Gasteiger partial charge in [0.15, 0.2) is 0 Å². The summed E-state index contributed by atoms with van der Waals surface area (Å²) in [4.78, 5) is 28.0. The van der Waals surface area contributed by atoms with Crippen LogP contribution in [0.2, 0.25) is 0 Å². The van der Waals surface area contributed by atoms with Crippen LogP contribution in [0.5, 0.6) is 11.5 Å². The lowest BCUT2D eigenvalue weighted by atomic mass is 10.1. The molecule has 0 atom stereocenters. The highest BCUT2D eigenvalue weighted by Gasteiger charge is 2.46. The van der Waals surface area contributed by atoms with Crippen molar-refractivity contribution in [2.45, 2.75) is 32.2 Å². The molecule has 7 nitrogen and oxygen atoms in total. The zero-order valence-corrected chi connectivity index (χ0v) is 19.1. The van der Waals surface area contributed by atoms with Crippen LogP contribution in [0, 0.1) is 0 Å². The van der Waals surface area contributed by atoms with E-state index < -0.39 is 24.9 Å². The van der Waals surface area contributed by atoms with E-state index in [2.05, 4.69) is 4.90 Å². The van der Waals surface area contributed by atoms with Gasteiger partial charge in [-0.3, -0.25) is 14.5 Å². The highest BCUT2D eigenvalue weighted by molar-refractivity contribution is 5.94. The molecule has 1 fully saturated rings. The second-order valence-electron chi connectivity index (χ2n) is 8.86. The van der Waals surface area contributed by atoms with Gasteiger partial charge in [-0.2, -0.15) is 0 Å². The van der Waals surface area contributed by atoms with Crippen LogP contribution in [-0.4, -0.2) is 41.8 Å². The van der Waals surface area contributed by atoms with Crippen molar-refractivity contribution in [2.75, 3.05) is 20.2 Å². The van der Waals surface area contributed by atoms with Gasteiger partial charge in [-0.15, -0.1) is 0 Å². The molecule has 35 heavy (non-hydrogen) atoms. The van der Waals surface area contributed by atoms with Gasteiger partial charge in [0.05, 0.1) is 26.7 Å². The van der Waals surface area contributed by atoms with Gasteiger partial charge in [-0.25, -0.2) is 8.78 Å². The number of carbonyl (C=O) groups is 1. The molecule has 2 aromatic carbocycles. The van der Waals surface area contributed by atoms with E-state index in [-0.39, 0.29) is 17.8 Å². The molecule has 0 N–H and O–H groups in total.